The Labute approximate surface area is 87.3 Å². The number of aliphatic hydroxyl groups is 1. The topological polar surface area (TPSA) is 38.7 Å². The maximum Gasteiger partial charge on any atom is 0.175 e. The fourth-order valence-corrected chi connectivity index (χ4v) is 2.39. The molecule has 1 N–H and O–H groups in total. The predicted molar refractivity (Wildman–Crippen MR) is 55.3 cm³/mol. The first-order valence-electron chi connectivity index (χ1n) is 4.85. The molecule has 0 bridgehead atoms. The van der Waals surface area contributed by atoms with E-state index in [1.165, 1.54) is 0 Å². The molecule has 0 aliphatic carbocycles. The van der Waals surface area contributed by atoms with Crippen molar-refractivity contribution in [2.24, 2.45) is 0 Å². The molecule has 1 aromatic heterocycles. The van der Waals surface area contributed by atoms with Crippen LogP contribution in [-0.4, -0.2) is 24.4 Å². The number of ether oxygens (including phenoxy) is 2. The molecule has 0 radical (unpaired) electrons. The van der Waals surface area contributed by atoms with Gasteiger partial charge in [-0.3, -0.25) is 0 Å². The highest BCUT2D eigenvalue weighted by atomic mass is 32.1. The first-order valence-corrected chi connectivity index (χ1v) is 5.73. The van der Waals surface area contributed by atoms with Crippen LogP contribution < -0.4 is 9.47 Å². The van der Waals surface area contributed by atoms with Gasteiger partial charge >= 0.3 is 0 Å². The molecule has 78 valence electrons. The molecule has 0 amide bonds. The predicted octanol–water partition coefficient (Wildman–Crippen LogP) is 1.83. The van der Waals surface area contributed by atoms with Gasteiger partial charge in [0.15, 0.2) is 11.5 Å². The Morgan fingerprint density at radius 1 is 1.50 bits per heavy atom. The largest absolute Gasteiger partial charge is 0.485 e. The van der Waals surface area contributed by atoms with Crippen LogP contribution in [-0.2, 0) is 6.42 Å². The lowest BCUT2D eigenvalue weighted by molar-refractivity contribution is 0.159. The van der Waals surface area contributed by atoms with Gasteiger partial charge < -0.3 is 14.6 Å². The van der Waals surface area contributed by atoms with E-state index in [-0.39, 0.29) is 6.10 Å². The lowest BCUT2D eigenvalue weighted by atomic mass is 10.1. The highest BCUT2D eigenvalue weighted by Crippen LogP contribution is 2.39. The van der Waals surface area contributed by atoms with Crippen molar-refractivity contribution in [2.75, 3.05) is 13.2 Å². The summed E-state index contributed by atoms with van der Waals surface area (Å²) in [4.78, 5) is 1.09. The average molecular weight is 214 g/mol. The van der Waals surface area contributed by atoms with Crippen LogP contribution in [0.2, 0.25) is 0 Å². The van der Waals surface area contributed by atoms with Crippen LogP contribution in [0.5, 0.6) is 11.5 Å². The SMILES string of the molecule is CCC(O)Cc1scc2c1OCCO2. The maximum absolute atomic E-state index is 9.54. The average Bonchev–Trinajstić information content (AvgIpc) is 2.62. The monoisotopic (exact) mass is 214 g/mol. The summed E-state index contributed by atoms with van der Waals surface area (Å²) in [6, 6.07) is 0. The third-order valence-electron chi connectivity index (χ3n) is 2.26. The van der Waals surface area contributed by atoms with Crippen molar-refractivity contribution in [3.8, 4) is 11.5 Å². The number of hydrogen-bond acceptors (Lipinski definition) is 4. The second kappa shape index (κ2) is 4.19. The second-order valence-corrected chi connectivity index (χ2v) is 4.28. The molecule has 0 fully saturated rings. The molecule has 0 saturated heterocycles. The van der Waals surface area contributed by atoms with Crippen LogP contribution >= 0.6 is 11.3 Å². The molecule has 3 nitrogen and oxygen atoms in total. The minimum absolute atomic E-state index is 0.275. The van der Waals surface area contributed by atoms with E-state index in [4.69, 9.17) is 9.47 Å². The van der Waals surface area contributed by atoms with Crippen molar-refractivity contribution in [1.29, 1.82) is 0 Å². The molecule has 1 unspecified atom stereocenters. The molecule has 2 heterocycles. The van der Waals surface area contributed by atoms with Gasteiger partial charge in [-0.15, -0.1) is 11.3 Å². The molecule has 4 heteroatoms. The number of thiophene rings is 1. The summed E-state index contributed by atoms with van der Waals surface area (Å²) in [5.41, 5.74) is 0. The fraction of sp³-hybridized carbons (Fsp3) is 0.600. The van der Waals surface area contributed by atoms with Crippen molar-refractivity contribution in [2.45, 2.75) is 25.9 Å². The summed E-state index contributed by atoms with van der Waals surface area (Å²) >= 11 is 1.60. The van der Waals surface area contributed by atoms with Crippen LogP contribution in [0.25, 0.3) is 0 Å². The Kier molecular flexibility index (Phi) is 2.93. The quantitative estimate of drug-likeness (QED) is 0.834. The number of rotatable bonds is 3. The van der Waals surface area contributed by atoms with E-state index in [0.717, 1.165) is 22.8 Å². The van der Waals surface area contributed by atoms with Crippen molar-refractivity contribution >= 4 is 11.3 Å². The molecule has 1 aromatic rings. The molecule has 1 aliphatic rings. The van der Waals surface area contributed by atoms with Crippen molar-refractivity contribution < 1.29 is 14.6 Å². The lowest BCUT2D eigenvalue weighted by Gasteiger charge is -2.16. The van der Waals surface area contributed by atoms with E-state index in [1.807, 2.05) is 12.3 Å². The highest BCUT2D eigenvalue weighted by Gasteiger charge is 2.19. The molecule has 2 rings (SSSR count). The summed E-state index contributed by atoms with van der Waals surface area (Å²) in [5, 5.41) is 11.5. The molecule has 0 spiro atoms. The van der Waals surface area contributed by atoms with E-state index >= 15 is 0 Å². The zero-order valence-corrected chi connectivity index (χ0v) is 8.97. The number of aliphatic hydroxyl groups excluding tert-OH is 1. The van der Waals surface area contributed by atoms with Gasteiger partial charge in [0.1, 0.15) is 13.2 Å². The van der Waals surface area contributed by atoms with E-state index in [2.05, 4.69) is 0 Å². The van der Waals surface area contributed by atoms with E-state index in [1.54, 1.807) is 11.3 Å². The van der Waals surface area contributed by atoms with Gasteiger partial charge in [0.25, 0.3) is 0 Å². The molecule has 0 aromatic carbocycles. The highest BCUT2D eigenvalue weighted by molar-refractivity contribution is 7.10. The Balaban J connectivity index is 2.14. The van der Waals surface area contributed by atoms with Crippen molar-refractivity contribution in [3.05, 3.63) is 10.3 Å². The summed E-state index contributed by atoms with van der Waals surface area (Å²) in [7, 11) is 0. The minimum Gasteiger partial charge on any atom is -0.485 e. The number of fused-ring (bicyclic) bond motifs is 1. The molecule has 1 aliphatic heterocycles. The van der Waals surface area contributed by atoms with E-state index in [0.29, 0.717) is 19.6 Å². The van der Waals surface area contributed by atoms with E-state index in [9.17, 15) is 5.11 Å². The Hall–Kier alpha value is -0.740. The van der Waals surface area contributed by atoms with Gasteiger partial charge in [-0.25, -0.2) is 0 Å². The molecule has 0 saturated carbocycles. The van der Waals surface area contributed by atoms with Crippen LogP contribution in [0.1, 0.15) is 18.2 Å². The molecular weight excluding hydrogens is 200 g/mol. The summed E-state index contributed by atoms with van der Waals surface area (Å²) in [6.07, 6.45) is 1.16. The van der Waals surface area contributed by atoms with Gasteiger partial charge in [-0.1, -0.05) is 6.92 Å². The van der Waals surface area contributed by atoms with Crippen molar-refractivity contribution in [3.63, 3.8) is 0 Å². The van der Waals surface area contributed by atoms with Crippen LogP contribution in [0.3, 0.4) is 0 Å². The van der Waals surface area contributed by atoms with Gasteiger partial charge in [-0.05, 0) is 6.42 Å². The molecule has 1 atom stereocenters. The minimum atomic E-state index is -0.275. The summed E-state index contributed by atoms with van der Waals surface area (Å²) in [6.45, 7) is 3.21. The first kappa shape index (κ1) is 9.80. The zero-order valence-electron chi connectivity index (χ0n) is 8.16. The Bertz CT molecular complexity index is 308. The molecular formula is C10H14O3S. The van der Waals surface area contributed by atoms with Crippen LogP contribution in [0, 0.1) is 0 Å². The third-order valence-corrected chi connectivity index (χ3v) is 3.23. The smallest absolute Gasteiger partial charge is 0.175 e. The van der Waals surface area contributed by atoms with Gasteiger partial charge in [0.05, 0.1) is 11.0 Å². The Morgan fingerprint density at radius 3 is 3.07 bits per heavy atom. The van der Waals surface area contributed by atoms with Gasteiger partial charge in [0.2, 0.25) is 0 Å². The van der Waals surface area contributed by atoms with Gasteiger partial charge in [0, 0.05) is 11.8 Å². The maximum atomic E-state index is 9.54. The Morgan fingerprint density at radius 2 is 2.29 bits per heavy atom. The standard InChI is InChI=1S/C10H14O3S/c1-2-7(11)5-9-10-8(6-14-9)12-3-4-13-10/h6-7,11H,2-5H2,1H3. The first-order chi connectivity index (χ1) is 6.81. The molecule has 14 heavy (non-hydrogen) atoms. The second-order valence-electron chi connectivity index (χ2n) is 3.32. The van der Waals surface area contributed by atoms with E-state index < -0.39 is 0 Å². The number of hydrogen-bond donors (Lipinski definition) is 1. The fourth-order valence-electron chi connectivity index (χ4n) is 1.41. The zero-order chi connectivity index (χ0) is 9.97. The van der Waals surface area contributed by atoms with Gasteiger partial charge in [-0.2, -0.15) is 0 Å². The summed E-state index contributed by atoms with van der Waals surface area (Å²) in [5.74, 6) is 1.67. The van der Waals surface area contributed by atoms with Crippen LogP contribution in [0.4, 0.5) is 0 Å². The lowest BCUT2D eigenvalue weighted by Crippen LogP contribution is -2.16. The third kappa shape index (κ3) is 1.86. The van der Waals surface area contributed by atoms with Crippen LogP contribution in [0.15, 0.2) is 5.38 Å². The van der Waals surface area contributed by atoms with Crippen molar-refractivity contribution in [1.82, 2.24) is 0 Å². The normalized spacial score (nSPS) is 16.7. The summed E-state index contributed by atoms with van der Waals surface area (Å²) < 4.78 is 10.9.